The van der Waals surface area contributed by atoms with Crippen molar-refractivity contribution in [1.29, 1.82) is 0 Å². The number of benzene rings is 2. The van der Waals surface area contributed by atoms with E-state index in [2.05, 4.69) is 5.32 Å². The maximum atomic E-state index is 12.9. The molecule has 0 spiro atoms. The highest BCUT2D eigenvalue weighted by molar-refractivity contribution is 7.80. The number of thiocarbonyl (C=S) groups is 1. The Morgan fingerprint density at radius 2 is 1.87 bits per heavy atom. The number of amides is 1. The molecule has 4 rings (SSSR count). The summed E-state index contributed by atoms with van der Waals surface area (Å²) in [6, 6.07) is 16.0. The summed E-state index contributed by atoms with van der Waals surface area (Å²) in [5.74, 6) is 1.57. The Morgan fingerprint density at radius 1 is 1.10 bits per heavy atom. The average molecular weight is 459 g/mol. The van der Waals surface area contributed by atoms with E-state index in [0.717, 1.165) is 11.3 Å². The van der Waals surface area contributed by atoms with E-state index in [1.165, 1.54) is 4.90 Å². The minimum absolute atomic E-state index is 0.267. The van der Waals surface area contributed by atoms with Crippen molar-refractivity contribution in [1.82, 2.24) is 5.32 Å². The van der Waals surface area contributed by atoms with Gasteiger partial charge in [0.25, 0.3) is 5.91 Å². The van der Waals surface area contributed by atoms with Crippen molar-refractivity contribution in [2.24, 2.45) is 0 Å². The van der Waals surface area contributed by atoms with Crippen molar-refractivity contribution in [3.63, 3.8) is 0 Å². The number of hydrogen-bond donors (Lipinski definition) is 1. The van der Waals surface area contributed by atoms with Crippen LogP contribution in [0.25, 0.3) is 17.4 Å². The lowest BCUT2D eigenvalue weighted by atomic mass is 10.2. The monoisotopic (exact) mass is 458 g/mol. The standard InChI is InChI=1S/C22H16Cl2N2O3S/c1-2-28-15-6-4-14(5-7-15)26-21(27)19(25-22(26)30)12-16-8-10-20(29-16)13-3-9-17(23)18(24)11-13/h3-12H,2H2,1H3,(H,25,30). The van der Waals surface area contributed by atoms with E-state index in [0.29, 0.717) is 44.7 Å². The molecular formula is C22H16Cl2N2O3S. The lowest BCUT2D eigenvalue weighted by Gasteiger charge is -2.14. The summed E-state index contributed by atoms with van der Waals surface area (Å²) in [5, 5.41) is 4.15. The molecule has 0 atom stereocenters. The van der Waals surface area contributed by atoms with Gasteiger partial charge in [0.2, 0.25) is 0 Å². The molecule has 1 amide bonds. The van der Waals surface area contributed by atoms with E-state index in [4.69, 9.17) is 44.6 Å². The third-order valence-corrected chi connectivity index (χ3v) is 5.43. The first kappa shape index (κ1) is 20.5. The molecule has 2 heterocycles. The van der Waals surface area contributed by atoms with Gasteiger partial charge in [0.1, 0.15) is 23.0 Å². The maximum Gasteiger partial charge on any atom is 0.281 e. The van der Waals surface area contributed by atoms with E-state index >= 15 is 0 Å². The van der Waals surface area contributed by atoms with Gasteiger partial charge in [-0.15, -0.1) is 0 Å². The maximum absolute atomic E-state index is 12.9. The molecule has 5 nitrogen and oxygen atoms in total. The van der Waals surface area contributed by atoms with Crippen molar-refractivity contribution >= 4 is 58.2 Å². The number of rotatable bonds is 5. The van der Waals surface area contributed by atoms with Crippen molar-refractivity contribution in [2.75, 3.05) is 11.5 Å². The van der Waals surface area contributed by atoms with Crippen LogP contribution >= 0.6 is 35.4 Å². The number of nitrogens with one attached hydrogen (secondary N) is 1. The minimum Gasteiger partial charge on any atom is -0.494 e. The predicted molar refractivity (Wildman–Crippen MR) is 123 cm³/mol. The largest absolute Gasteiger partial charge is 0.494 e. The van der Waals surface area contributed by atoms with Crippen molar-refractivity contribution in [3.05, 3.63) is 76.1 Å². The molecular weight excluding hydrogens is 443 g/mol. The molecule has 1 fully saturated rings. The fourth-order valence-corrected chi connectivity index (χ4v) is 3.60. The van der Waals surface area contributed by atoms with Crippen molar-refractivity contribution in [3.8, 4) is 17.1 Å². The highest BCUT2D eigenvalue weighted by atomic mass is 35.5. The number of ether oxygens (including phenoxy) is 1. The molecule has 152 valence electrons. The molecule has 0 aliphatic carbocycles. The lowest BCUT2D eigenvalue weighted by molar-refractivity contribution is -0.113. The van der Waals surface area contributed by atoms with Gasteiger partial charge in [0, 0.05) is 11.6 Å². The van der Waals surface area contributed by atoms with E-state index < -0.39 is 0 Å². The number of furan rings is 1. The van der Waals surface area contributed by atoms with Crippen molar-refractivity contribution < 1.29 is 13.9 Å². The van der Waals surface area contributed by atoms with E-state index in [1.54, 1.807) is 54.6 Å². The first-order valence-electron chi connectivity index (χ1n) is 9.11. The summed E-state index contributed by atoms with van der Waals surface area (Å²) in [6.07, 6.45) is 1.62. The summed E-state index contributed by atoms with van der Waals surface area (Å²) in [5.41, 5.74) is 1.76. The van der Waals surface area contributed by atoms with E-state index in [1.807, 2.05) is 13.0 Å². The summed E-state index contributed by atoms with van der Waals surface area (Å²) in [6.45, 7) is 2.48. The van der Waals surface area contributed by atoms with Gasteiger partial charge in [-0.1, -0.05) is 23.2 Å². The molecule has 30 heavy (non-hydrogen) atoms. The number of halogens is 2. The number of hydrogen-bond acceptors (Lipinski definition) is 4. The molecule has 1 aliphatic rings. The smallest absolute Gasteiger partial charge is 0.281 e. The zero-order chi connectivity index (χ0) is 21.3. The molecule has 1 N–H and O–H groups in total. The van der Waals surface area contributed by atoms with Crippen LogP contribution in [0, 0.1) is 0 Å². The molecule has 1 saturated heterocycles. The number of carbonyl (C=O) groups is 1. The van der Waals surface area contributed by atoms with Crippen LogP contribution in [-0.2, 0) is 4.79 Å². The second kappa shape index (κ2) is 8.52. The first-order chi connectivity index (χ1) is 14.5. The van der Waals surface area contributed by atoms with Crippen molar-refractivity contribution in [2.45, 2.75) is 6.92 Å². The third-order valence-electron chi connectivity index (χ3n) is 4.40. The Labute approximate surface area is 188 Å². The van der Waals surface area contributed by atoms with Crippen LogP contribution in [0.1, 0.15) is 12.7 Å². The summed E-state index contributed by atoms with van der Waals surface area (Å²) in [4.78, 5) is 14.3. The minimum atomic E-state index is -0.267. The Bertz CT molecular complexity index is 1160. The van der Waals surface area contributed by atoms with Crippen LogP contribution < -0.4 is 15.0 Å². The van der Waals surface area contributed by atoms with Crippen LogP contribution in [0.4, 0.5) is 5.69 Å². The molecule has 8 heteroatoms. The fourth-order valence-electron chi connectivity index (χ4n) is 3.00. The van der Waals surface area contributed by atoms with E-state index in [-0.39, 0.29) is 5.91 Å². The molecule has 1 aliphatic heterocycles. The van der Waals surface area contributed by atoms with Gasteiger partial charge in [-0.05, 0) is 73.7 Å². The molecule has 1 aromatic heterocycles. The molecule has 2 aromatic carbocycles. The normalized spacial score (nSPS) is 15.0. The molecule has 0 unspecified atom stereocenters. The number of anilines is 1. The molecule has 0 radical (unpaired) electrons. The highest BCUT2D eigenvalue weighted by Crippen LogP contribution is 2.30. The van der Waals surface area contributed by atoms with Gasteiger partial charge >= 0.3 is 0 Å². The van der Waals surface area contributed by atoms with Crippen LogP contribution in [-0.4, -0.2) is 17.6 Å². The van der Waals surface area contributed by atoms with Gasteiger partial charge in [-0.3, -0.25) is 9.69 Å². The fraction of sp³-hybridized carbons (Fsp3) is 0.0909. The summed E-state index contributed by atoms with van der Waals surface area (Å²) in [7, 11) is 0. The van der Waals surface area contributed by atoms with Crippen LogP contribution in [0.3, 0.4) is 0 Å². The first-order valence-corrected chi connectivity index (χ1v) is 10.3. The Morgan fingerprint density at radius 3 is 2.57 bits per heavy atom. The summed E-state index contributed by atoms with van der Waals surface area (Å²) < 4.78 is 11.3. The Balaban J connectivity index is 1.56. The topological polar surface area (TPSA) is 54.7 Å². The van der Waals surface area contributed by atoms with Gasteiger partial charge in [0.15, 0.2) is 5.11 Å². The third kappa shape index (κ3) is 4.07. The predicted octanol–water partition coefficient (Wildman–Crippen LogP) is 5.91. The zero-order valence-corrected chi connectivity index (χ0v) is 18.1. The zero-order valence-electron chi connectivity index (χ0n) is 15.8. The van der Waals surface area contributed by atoms with Gasteiger partial charge in [-0.2, -0.15) is 0 Å². The quantitative estimate of drug-likeness (QED) is 0.380. The number of carbonyl (C=O) groups excluding carboxylic acids is 1. The Hall–Kier alpha value is -2.80. The lowest BCUT2D eigenvalue weighted by Crippen LogP contribution is -2.30. The SMILES string of the molecule is CCOc1ccc(N2C(=O)C(=Cc3ccc(-c4ccc(Cl)c(Cl)c4)o3)NC2=S)cc1. The highest BCUT2D eigenvalue weighted by Gasteiger charge is 2.32. The van der Waals surface area contributed by atoms with Gasteiger partial charge in [-0.25, -0.2) is 0 Å². The molecule has 0 saturated carbocycles. The van der Waals surface area contributed by atoms with Crippen LogP contribution in [0.15, 0.2) is 64.7 Å². The molecule has 0 bridgehead atoms. The average Bonchev–Trinajstić information content (AvgIpc) is 3.30. The Kier molecular flexibility index (Phi) is 5.81. The second-order valence-corrected chi connectivity index (χ2v) is 7.59. The molecule has 3 aromatic rings. The van der Waals surface area contributed by atoms with Crippen LogP contribution in [0.2, 0.25) is 10.0 Å². The van der Waals surface area contributed by atoms with Gasteiger partial charge < -0.3 is 14.5 Å². The second-order valence-electron chi connectivity index (χ2n) is 6.39. The number of nitrogens with zero attached hydrogens (tertiary/aromatic N) is 1. The van der Waals surface area contributed by atoms with Crippen LogP contribution in [0.5, 0.6) is 5.75 Å². The summed E-state index contributed by atoms with van der Waals surface area (Å²) >= 11 is 17.4. The van der Waals surface area contributed by atoms with Gasteiger partial charge in [0.05, 0.1) is 22.3 Å². The van der Waals surface area contributed by atoms with E-state index in [9.17, 15) is 4.79 Å².